The standard InChI is InChI=1S/C27H39N5O7/c1-14(2)11-21(31-24(35)18(28)12-16-13-29-19-8-6-5-7-17(16)19)25(36)32-23(15(3)4)26(37)30-20(27(38)39)9-10-22(33)34/h5-8,13-15,18,20-21,23,29H,9-12,28H2,1-4H3,(H,30,37)(H,31,35)(H,32,36)(H,33,34)(H,38,39). The number of carbonyl (C=O) groups is 5. The van der Waals surface area contributed by atoms with Gasteiger partial charge in [0.2, 0.25) is 17.7 Å². The Morgan fingerprint density at radius 2 is 1.54 bits per heavy atom. The van der Waals surface area contributed by atoms with Crippen LogP contribution in [-0.2, 0) is 30.4 Å². The number of benzene rings is 1. The van der Waals surface area contributed by atoms with Crippen molar-refractivity contribution in [2.75, 3.05) is 0 Å². The van der Waals surface area contributed by atoms with Crippen molar-refractivity contribution in [1.82, 2.24) is 20.9 Å². The maximum Gasteiger partial charge on any atom is 0.326 e. The molecule has 0 aliphatic heterocycles. The lowest BCUT2D eigenvalue weighted by Gasteiger charge is -2.27. The minimum Gasteiger partial charge on any atom is -0.481 e. The van der Waals surface area contributed by atoms with Crippen LogP contribution in [0.2, 0.25) is 0 Å². The molecular formula is C27H39N5O7. The van der Waals surface area contributed by atoms with Crippen molar-refractivity contribution in [2.24, 2.45) is 17.6 Å². The average molecular weight is 546 g/mol. The average Bonchev–Trinajstić information content (AvgIpc) is 3.26. The predicted octanol–water partition coefficient (Wildman–Crippen LogP) is 1.14. The van der Waals surface area contributed by atoms with Crippen molar-refractivity contribution in [3.63, 3.8) is 0 Å². The van der Waals surface area contributed by atoms with Crippen LogP contribution in [0.1, 0.15) is 52.5 Å². The number of hydrogen-bond acceptors (Lipinski definition) is 6. The first kappa shape index (κ1) is 31.3. The third-order valence-electron chi connectivity index (χ3n) is 6.30. The van der Waals surface area contributed by atoms with E-state index < -0.39 is 66.2 Å². The van der Waals surface area contributed by atoms with Crippen LogP contribution in [0.4, 0.5) is 0 Å². The van der Waals surface area contributed by atoms with Crippen LogP contribution in [-0.4, -0.2) is 69.0 Å². The van der Waals surface area contributed by atoms with Crippen LogP contribution in [0.15, 0.2) is 30.5 Å². The molecule has 214 valence electrons. The fourth-order valence-corrected chi connectivity index (χ4v) is 4.19. The molecule has 12 heteroatoms. The predicted molar refractivity (Wildman–Crippen MR) is 145 cm³/mol. The number of para-hydroxylation sites is 1. The van der Waals surface area contributed by atoms with Gasteiger partial charge in [0.1, 0.15) is 18.1 Å². The van der Waals surface area contributed by atoms with Crippen LogP contribution >= 0.6 is 0 Å². The van der Waals surface area contributed by atoms with Crippen LogP contribution in [0.3, 0.4) is 0 Å². The third-order valence-corrected chi connectivity index (χ3v) is 6.30. The summed E-state index contributed by atoms with van der Waals surface area (Å²) in [6.45, 7) is 7.10. The number of hydrogen-bond donors (Lipinski definition) is 7. The number of nitrogens with one attached hydrogen (secondary N) is 4. The second kappa shape index (κ2) is 14.3. The highest BCUT2D eigenvalue weighted by Gasteiger charge is 2.32. The van der Waals surface area contributed by atoms with Crippen LogP contribution < -0.4 is 21.7 Å². The van der Waals surface area contributed by atoms with Crippen LogP contribution in [0, 0.1) is 11.8 Å². The van der Waals surface area contributed by atoms with Gasteiger partial charge in [-0.25, -0.2) is 4.79 Å². The Bertz CT molecular complexity index is 1180. The van der Waals surface area contributed by atoms with Gasteiger partial charge in [0.15, 0.2) is 0 Å². The van der Waals surface area contributed by atoms with E-state index in [9.17, 15) is 29.1 Å². The molecule has 1 aromatic heterocycles. The second-order valence-electron chi connectivity index (χ2n) is 10.4. The smallest absolute Gasteiger partial charge is 0.326 e. The molecule has 1 heterocycles. The first-order valence-corrected chi connectivity index (χ1v) is 13.0. The number of carboxylic acid groups (broad SMARTS) is 2. The Kier molecular flexibility index (Phi) is 11.5. The number of carbonyl (C=O) groups excluding carboxylic acids is 3. The number of amides is 3. The molecule has 12 nitrogen and oxygen atoms in total. The van der Waals surface area contributed by atoms with E-state index in [1.54, 1.807) is 20.0 Å². The maximum atomic E-state index is 13.2. The summed E-state index contributed by atoms with van der Waals surface area (Å²) in [7, 11) is 0. The van der Waals surface area contributed by atoms with Gasteiger partial charge >= 0.3 is 11.9 Å². The summed E-state index contributed by atoms with van der Waals surface area (Å²) < 4.78 is 0. The summed E-state index contributed by atoms with van der Waals surface area (Å²) in [5.41, 5.74) is 7.98. The maximum absolute atomic E-state index is 13.2. The molecular weight excluding hydrogens is 506 g/mol. The SMILES string of the molecule is CC(C)CC(NC(=O)C(N)Cc1c[nH]c2ccccc12)C(=O)NC(C(=O)NC(CCC(=O)O)C(=O)O)C(C)C. The number of fused-ring (bicyclic) bond motifs is 1. The van der Waals surface area contributed by atoms with E-state index in [0.29, 0.717) is 0 Å². The molecule has 4 atom stereocenters. The minimum atomic E-state index is -1.43. The van der Waals surface area contributed by atoms with Crippen LogP contribution in [0.25, 0.3) is 10.9 Å². The van der Waals surface area contributed by atoms with Gasteiger partial charge in [0.25, 0.3) is 0 Å². The summed E-state index contributed by atoms with van der Waals surface area (Å²) in [6, 6.07) is 3.17. The fourth-order valence-electron chi connectivity index (χ4n) is 4.19. The number of aromatic amines is 1. The molecule has 1 aromatic carbocycles. The summed E-state index contributed by atoms with van der Waals surface area (Å²) in [5, 5.41) is 26.8. The molecule has 0 aliphatic carbocycles. The minimum absolute atomic E-state index is 0.0182. The van der Waals surface area contributed by atoms with Gasteiger partial charge < -0.3 is 36.9 Å². The molecule has 0 bridgehead atoms. The van der Waals surface area contributed by atoms with Crippen molar-refractivity contribution < 1.29 is 34.2 Å². The molecule has 0 aliphatic rings. The first-order chi connectivity index (χ1) is 18.3. The highest BCUT2D eigenvalue weighted by molar-refractivity contribution is 5.94. The monoisotopic (exact) mass is 545 g/mol. The van der Waals surface area contributed by atoms with Gasteiger partial charge in [-0.1, -0.05) is 45.9 Å². The summed E-state index contributed by atoms with van der Waals surface area (Å²) in [6.07, 6.45) is 1.56. The van der Waals surface area contributed by atoms with E-state index in [-0.39, 0.29) is 25.2 Å². The normalized spacial score (nSPS) is 14.4. The van der Waals surface area contributed by atoms with Gasteiger partial charge in [0.05, 0.1) is 6.04 Å². The van der Waals surface area contributed by atoms with Crippen molar-refractivity contribution in [3.8, 4) is 0 Å². The summed E-state index contributed by atoms with van der Waals surface area (Å²) in [5.74, 6) is -4.88. The molecule has 0 radical (unpaired) electrons. The van der Waals surface area contributed by atoms with Crippen molar-refractivity contribution in [1.29, 1.82) is 0 Å². The van der Waals surface area contributed by atoms with E-state index in [2.05, 4.69) is 20.9 Å². The summed E-state index contributed by atoms with van der Waals surface area (Å²) >= 11 is 0. The highest BCUT2D eigenvalue weighted by atomic mass is 16.4. The number of aromatic nitrogens is 1. The molecule has 2 aromatic rings. The fraction of sp³-hybridized carbons (Fsp3) is 0.519. The molecule has 0 saturated heterocycles. The molecule has 0 fully saturated rings. The van der Waals surface area contributed by atoms with E-state index >= 15 is 0 Å². The van der Waals surface area contributed by atoms with E-state index in [0.717, 1.165) is 16.5 Å². The van der Waals surface area contributed by atoms with E-state index in [1.165, 1.54) is 0 Å². The topological polar surface area (TPSA) is 204 Å². The second-order valence-corrected chi connectivity index (χ2v) is 10.4. The molecule has 0 saturated carbocycles. The zero-order chi connectivity index (χ0) is 29.3. The quantitative estimate of drug-likeness (QED) is 0.172. The number of carboxylic acids is 2. The van der Waals surface area contributed by atoms with Crippen molar-refractivity contribution in [3.05, 3.63) is 36.0 Å². The van der Waals surface area contributed by atoms with Crippen molar-refractivity contribution >= 4 is 40.6 Å². The Hall–Kier alpha value is -3.93. The van der Waals surface area contributed by atoms with Gasteiger partial charge in [-0.3, -0.25) is 19.2 Å². The lowest BCUT2D eigenvalue weighted by atomic mass is 9.98. The molecule has 4 unspecified atom stereocenters. The van der Waals surface area contributed by atoms with Gasteiger partial charge in [-0.15, -0.1) is 0 Å². The van der Waals surface area contributed by atoms with Gasteiger partial charge in [-0.05, 0) is 42.7 Å². The lowest BCUT2D eigenvalue weighted by Crippen LogP contribution is -2.58. The number of H-pyrrole nitrogens is 1. The Balaban J connectivity index is 2.10. The third kappa shape index (κ3) is 9.40. The van der Waals surface area contributed by atoms with E-state index in [1.807, 2.05) is 38.1 Å². The zero-order valence-electron chi connectivity index (χ0n) is 22.7. The van der Waals surface area contributed by atoms with Crippen molar-refractivity contribution in [2.45, 2.75) is 77.5 Å². The Morgan fingerprint density at radius 3 is 2.13 bits per heavy atom. The molecule has 39 heavy (non-hydrogen) atoms. The number of aliphatic carboxylic acids is 2. The number of rotatable bonds is 15. The highest BCUT2D eigenvalue weighted by Crippen LogP contribution is 2.19. The first-order valence-electron chi connectivity index (χ1n) is 13.0. The number of nitrogens with two attached hydrogens (primary N) is 1. The molecule has 3 amide bonds. The zero-order valence-corrected chi connectivity index (χ0v) is 22.7. The summed E-state index contributed by atoms with van der Waals surface area (Å²) in [4.78, 5) is 64.6. The molecule has 8 N–H and O–H groups in total. The molecule has 0 spiro atoms. The largest absolute Gasteiger partial charge is 0.481 e. The lowest BCUT2D eigenvalue weighted by molar-refractivity contribution is -0.143. The van der Waals surface area contributed by atoms with Gasteiger partial charge in [0, 0.05) is 23.5 Å². The Morgan fingerprint density at radius 1 is 0.897 bits per heavy atom. The van der Waals surface area contributed by atoms with Crippen LogP contribution in [0.5, 0.6) is 0 Å². The Labute approximate surface area is 227 Å². The van der Waals surface area contributed by atoms with Gasteiger partial charge in [-0.2, -0.15) is 0 Å². The molecule has 2 rings (SSSR count). The van der Waals surface area contributed by atoms with E-state index in [4.69, 9.17) is 10.8 Å².